The fourth-order valence-corrected chi connectivity index (χ4v) is 4.68. The Hall–Kier alpha value is -2.00. The van der Waals surface area contributed by atoms with Gasteiger partial charge in [-0.25, -0.2) is 4.79 Å². The molecule has 0 bridgehead atoms. The summed E-state index contributed by atoms with van der Waals surface area (Å²) in [6.45, 7) is 6.59. The van der Waals surface area contributed by atoms with Crippen LogP contribution >= 0.6 is 11.8 Å². The fraction of sp³-hybridized carbons (Fsp3) is 0.286. The van der Waals surface area contributed by atoms with Crippen molar-refractivity contribution >= 4 is 29.4 Å². The molecule has 0 fully saturated rings. The van der Waals surface area contributed by atoms with Crippen LogP contribution in [0.5, 0.6) is 0 Å². The van der Waals surface area contributed by atoms with E-state index in [4.69, 9.17) is 0 Å². The molecule has 0 aromatic heterocycles. The van der Waals surface area contributed by atoms with Crippen LogP contribution in [0.1, 0.15) is 42.5 Å². The van der Waals surface area contributed by atoms with E-state index in [-0.39, 0.29) is 5.41 Å². The molecule has 2 aromatic carbocycles. The van der Waals surface area contributed by atoms with Crippen molar-refractivity contribution in [1.29, 1.82) is 0 Å². The summed E-state index contributed by atoms with van der Waals surface area (Å²) in [7, 11) is 0. The summed E-state index contributed by atoms with van der Waals surface area (Å²) in [6.07, 6.45) is 2.95. The van der Waals surface area contributed by atoms with Crippen LogP contribution in [0.4, 0.5) is 0 Å². The molecule has 0 aliphatic carbocycles. The van der Waals surface area contributed by atoms with E-state index in [1.165, 1.54) is 10.5 Å². The molecule has 0 amide bonds. The van der Waals surface area contributed by atoms with Crippen LogP contribution in [0.15, 0.2) is 47.4 Å². The highest BCUT2D eigenvalue weighted by Crippen LogP contribution is 2.43. The van der Waals surface area contributed by atoms with Gasteiger partial charge in [-0.2, -0.15) is 0 Å². The Balaban J connectivity index is 2.13. The maximum atomic E-state index is 11.8. The summed E-state index contributed by atoms with van der Waals surface area (Å²) in [6, 6.07) is 13.7. The molecule has 0 radical (unpaired) electrons. The topological polar surface area (TPSA) is 37.3 Å². The highest BCUT2D eigenvalue weighted by Gasteiger charge is 2.28. The second kappa shape index (κ2) is 6.48. The molecule has 0 unspecified atom stereocenters. The molecule has 1 aliphatic heterocycles. The molecule has 0 spiro atoms. The number of carboxylic acid groups (broad SMARTS) is 1. The number of carbonyl (C=O) groups is 1. The summed E-state index contributed by atoms with van der Waals surface area (Å²) in [5, 5.41) is 9.65. The molecule has 0 saturated carbocycles. The Labute approximate surface area is 147 Å². The average molecular weight is 338 g/mol. The van der Waals surface area contributed by atoms with Gasteiger partial charge in [0.1, 0.15) is 0 Å². The first-order valence-electron chi connectivity index (χ1n) is 8.17. The van der Waals surface area contributed by atoms with Crippen molar-refractivity contribution < 1.29 is 9.90 Å². The number of aryl methyl sites for hydroxylation is 1. The van der Waals surface area contributed by atoms with Gasteiger partial charge in [0.15, 0.2) is 0 Å². The first-order valence-corrected chi connectivity index (χ1v) is 9.15. The minimum atomic E-state index is -0.896. The minimum absolute atomic E-state index is 0.132. The summed E-state index contributed by atoms with van der Waals surface area (Å²) in [5.41, 5.74) is 4.63. The monoisotopic (exact) mass is 338 g/mol. The smallest absolute Gasteiger partial charge is 0.336 e. The van der Waals surface area contributed by atoms with Crippen LogP contribution in [-0.4, -0.2) is 16.8 Å². The maximum Gasteiger partial charge on any atom is 0.336 e. The van der Waals surface area contributed by atoms with E-state index in [2.05, 4.69) is 32.9 Å². The molecule has 3 heteroatoms. The van der Waals surface area contributed by atoms with Crippen molar-refractivity contribution in [3.05, 3.63) is 64.7 Å². The second-order valence-corrected chi connectivity index (χ2v) is 8.05. The van der Waals surface area contributed by atoms with E-state index < -0.39 is 5.97 Å². The molecule has 124 valence electrons. The van der Waals surface area contributed by atoms with Crippen LogP contribution in [-0.2, 0) is 10.2 Å². The molecular formula is C21H22O2S. The van der Waals surface area contributed by atoms with E-state index in [1.807, 2.05) is 48.2 Å². The Morgan fingerprint density at radius 3 is 2.58 bits per heavy atom. The quantitative estimate of drug-likeness (QED) is 0.602. The zero-order valence-corrected chi connectivity index (χ0v) is 15.1. The molecule has 2 aromatic rings. The molecule has 2 nitrogen and oxygen atoms in total. The molecule has 24 heavy (non-hydrogen) atoms. The van der Waals surface area contributed by atoms with E-state index in [0.29, 0.717) is 5.57 Å². The Kier molecular flexibility index (Phi) is 4.55. The Bertz CT molecular complexity index is 804. The molecule has 1 N–H and O–H groups in total. The van der Waals surface area contributed by atoms with Crippen LogP contribution < -0.4 is 0 Å². The van der Waals surface area contributed by atoms with Gasteiger partial charge in [0, 0.05) is 4.90 Å². The van der Waals surface area contributed by atoms with Gasteiger partial charge in [-0.3, -0.25) is 0 Å². The van der Waals surface area contributed by atoms with Gasteiger partial charge in [0.25, 0.3) is 0 Å². The second-order valence-electron chi connectivity index (χ2n) is 6.92. The van der Waals surface area contributed by atoms with Gasteiger partial charge in [0.2, 0.25) is 0 Å². The molecule has 1 heterocycles. The van der Waals surface area contributed by atoms with Crippen LogP contribution in [0.3, 0.4) is 0 Å². The van der Waals surface area contributed by atoms with Crippen molar-refractivity contribution in [3.8, 4) is 0 Å². The summed E-state index contributed by atoms with van der Waals surface area (Å²) in [5.74, 6) is 0.242. The van der Waals surface area contributed by atoms with Gasteiger partial charge >= 0.3 is 5.97 Å². The molecular weight excluding hydrogens is 316 g/mol. The van der Waals surface area contributed by atoms with E-state index in [1.54, 1.807) is 0 Å². The zero-order chi connectivity index (χ0) is 17.3. The number of hydrogen-bond acceptors (Lipinski definition) is 2. The zero-order valence-electron chi connectivity index (χ0n) is 14.3. The van der Waals surface area contributed by atoms with Crippen molar-refractivity contribution in [2.45, 2.75) is 37.5 Å². The number of carboxylic acids is 1. The van der Waals surface area contributed by atoms with Crippen molar-refractivity contribution in [2.75, 3.05) is 5.75 Å². The van der Waals surface area contributed by atoms with E-state index >= 15 is 0 Å². The van der Waals surface area contributed by atoms with Crippen molar-refractivity contribution in [3.63, 3.8) is 0 Å². The SMILES string of the molecule is Cc1cc2c(cc1C=C(C(=O)O)c1ccccc1)C(C)(C)CCS2. The lowest BCUT2D eigenvalue weighted by Crippen LogP contribution is -2.23. The number of thioether (sulfide) groups is 1. The number of aliphatic carboxylic acids is 1. The highest BCUT2D eigenvalue weighted by atomic mass is 32.2. The first-order chi connectivity index (χ1) is 11.4. The lowest BCUT2D eigenvalue weighted by molar-refractivity contribution is -0.130. The number of rotatable bonds is 3. The average Bonchev–Trinajstić information content (AvgIpc) is 2.53. The highest BCUT2D eigenvalue weighted by molar-refractivity contribution is 7.99. The largest absolute Gasteiger partial charge is 0.478 e. The third kappa shape index (κ3) is 3.27. The number of fused-ring (bicyclic) bond motifs is 1. The normalized spacial score (nSPS) is 16.5. The van der Waals surface area contributed by atoms with Crippen molar-refractivity contribution in [2.24, 2.45) is 0 Å². The van der Waals surface area contributed by atoms with Gasteiger partial charge in [-0.1, -0.05) is 44.2 Å². The summed E-state index contributed by atoms with van der Waals surface area (Å²) in [4.78, 5) is 13.1. The maximum absolute atomic E-state index is 11.8. The Morgan fingerprint density at radius 1 is 1.21 bits per heavy atom. The molecule has 3 rings (SSSR count). The molecule has 0 atom stereocenters. The predicted molar refractivity (Wildman–Crippen MR) is 101 cm³/mol. The van der Waals surface area contributed by atoms with E-state index in [9.17, 15) is 9.90 Å². The third-order valence-corrected chi connectivity index (χ3v) is 5.75. The van der Waals surface area contributed by atoms with Crippen LogP contribution in [0, 0.1) is 6.92 Å². The van der Waals surface area contributed by atoms with Gasteiger partial charge < -0.3 is 5.11 Å². The third-order valence-electron chi connectivity index (χ3n) is 4.70. The van der Waals surface area contributed by atoms with Crippen molar-refractivity contribution in [1.82, 2.24) is 0 Å². The standard InChI is InChI=1S/C21H22O2S/c1-14-11-19-18(21(2,3)9-10-24-19)13-16(14)12-17(20(22)23)15-7-5-4-6-8-15/h4-8,11-13H,9-10H2,1-3H3,(H,22,23). The lowest BCUT2D eigenvalue weighted by atomic mass is 9.80. The van der Waals surface area contributed by atoms with Gasteiger partial charge in [-0.15, -0.1) is 11.8 Å². The van der Waals surface area contributed by atoms with Gasteiger partial charge in [-0.05, 0) is 65.0 Å². The van der Waals surface area contributed by atoms with E-state index in [0.717, 1.165) is 28.9 Å². The summed E-state index contributed by atoms with van der Waals surface area (Å²) < 4.78 is 0. The number of hydrogen-bond donors (Lipinski definition) is 1. The van der Waals surface area contributed by atoms with Crippen LogP contribution in [0.25, 0.3) is 11.6 Å². The molecule has 0 saturated heterocycles. The van der Waals surface area contributed by atoms with Crippen LogP contribution in [0.2, 0.25) is 0 Å². The lowest BCUT2D eigenvalue weighted by Gasteiger charge is -2.32. The number of benzene rings is 2. The fourth-order valence-electron chi connectivity index (χ4n) is 3.09. The molecule has 1 aliphatic rings. The first kappa shape index (κ1) is 16.8. The minimum Gasteiger partial charge on any atom is -0.478 e. The predicted octanol–water partition coefficient (Wildman–Crippen LogP) is 5.39. The van der Waals surface area contributed by atoms with Gasteiger partial charge in [0.05, 0.1) is 5.57 Å². The summed E-state index contributed by atoms with van der Waals surface area (Å²) >= 11 is 1.90. The Morgan fingerprint density at radius 2 is 1.92 bits per heavy atom.